The molecule has 1 aliphatic rings. The quantitative estimate of drug-likeness (QED) is 0.781. The van der Waals surface area contributed by atoms with Crippen LogP contribution < -0.4 is 0 Å². The largest absolute Gasteiger partial charge is 0.444 e. The summed E-state index contributed by atoms with van der Waals surface area (Å²) in [6.07, 6.45) is 3.63. The van der Waals surface area contributed by atoms with Crippen LogP contribution in [-0.2, 0) is 4.74 Å². The van der Waals surface area contributed by atoms with Crippen LogP contribution in [0.2, 0.25) is 0 Å². The number of rotatable bonds is 2. The lowest BCUT2D eigenvalue weighted by molar-refractivity contribution is 0.0270. The highest BCUT2D eigenvalue weighted by atomic mass is 19.2. The predicted molar refractivity (Wildman–Crippen MR) is 97.8 cm³/mol. The van der Waals surface area contributed by atoms with E-state index >= 15 is 0 Å². The first-order valence-electron chi connectivity index (χ1n) is 8.69. The van der Waals surface area contributed by atoms with Gasteiger partial charge in [0.25, 0.3) is 0 Å². The number of carbonyl (C=O) groups excluding carboxylic acids is 1. The summed E-state index contributed by atoms with van der Waals surface area (Å²) < 4.78 is 32.8. The van der Waals surface area contributed by atoms with E-state index in [0.29, 0.717) is 25.2 Å². The van der Waals surface area contributed by atoms with Crippen LogP contribution in [0.3, 0.4) is 0 Å². The third-order valence-corrected chi connectivity index (χ3v) is 4.04. The lowest BCUT2D eigenvalue weighted by Gasteiger charge is -2.29. The predicted octanol–water partition coefficient (Wildman–Crippen LogP) is 4.45. The summed E-state index contributed by atoms with van der Waals surface area (Å²) in [7, 11) is 0. The Morgan fingerprint density at radius 2 is 2.00 bits per heavy atom. The molecule has 0 atom stereocenters. The second kappa shape index (κ2) is 7.42. The molecule has 0 fully saturated rings. The van der Waals surface area contributed by atoms with Crippen LogP contribution in [-0.4, -0.2) is 39.7 Å². The van der Waals surface area contributed by atoms with E-state index in [1.165, 1.54) is 18.3 Å². The molecule has 0 saturated heterocycles. The van der Waals surface area contributed by atoms with Gasteiger partial charge in [-0.25, -0.2) is 23.5 Å². The van der Waals surface area contributed by atoms with Gasteiger partial charge in [0.1, 0.15) is 5.60 Å². The lowest BCUT2D eigenvalue weighted by Crippen LogP contribution is -2.39. The number of aromatic nitrogens is 2. The molecule has 0 saturated carbocycles. The summed E-state index contributed by atoms with van der Waals surface area (Å²) >= 11 is 0. The van der Waals surface area contributed by atoms with Crippen molar-refractivity contribution >= 4 is 11.7 Å². The van der Waals surface area contributed by atoms with Gasteiger partial charge in [-0.2, -0.15) is 0 Å². The molecule has 0 radical (unpaired) electrons. The molecule has 2 heterocycles. The minimum atomic E-state index is -0.969. The second-order valence-electron chi connectivity index (χ2n) is 7.27. The van der Waals surface area contributed by atoms with Gasteiger partial charge in [0, 0.05) is 19.3 Å². The van der Waals surface area contributed by atoms with Crippen LogP contribution in [0.1, 0.15) is 32.9 Å². The van der Waals surface area contributed by atoms with E-state index in [4.69, 9.17) is 4.74 Å². The zero-order valence-electron chi connectivity index (χ0n) is 15.5. The Morgan fingerprint density at radius 1 is 1.22 bits per heavy atom. The van der Waals surface area contributed by atoms with Gasteiger partial charge < -0.3 is 9.64 Å². The fraction of sp³-hybridized carbons (Fsp3) is 0.350. The highest BCUT2D eigenvalue weighted by molar-refractivity contribution is 5.72. The molecule has 7 heteroatoms. The monoisotopic (exact) mass is 373 g/mol. The standard InChI is InChI=1S/C20H21F2N3O2/c1-20(2,3)27-19(26)25-11-8-13(9-12-25)16-7-10-23-18(24-16)14-5-4-6-15(21)17(14)22/h4-8,10H,9,11-12H2,1-3H3. The van der Waals surface area contributed by atoms with Gasteiger partial charge in [0.2, 0.25) is 0 Å². The molecule has 0 aliphatic carbocycles. The highest BCUT2D eigenvalue weighted by Gasteiger charge is 2.24. The Labute approximate surface area is 156 Å². The number of nitrogens with zero attached hydrogens (tertiary/aromatic N) is 3. The van der Waals surface area contributed by atoms with E-state index in [1.54, 1.807) is 11.0 Å². The maximum atomic E-state index is 14.0. The van der Waals surface area contributed by atoms with Gasteiger partial charge in [-0.15, -0.1) is 0 Å². The highest BCUT2D eigenvalue weighted by Crippen LogP contribution is 2.25. The maximum Gasteiger partial charge on any atom is 0.410 e. The van der Waals surface area contributed by atoms with E-state index in [1.807, 2.05) is 26.8 Å². The van der Waals surface area contributed by atoms with Gasteiger partial charge in [-0.1, -0.05) is 12.1 Å². The third kappa shape index (κ3) is 4.48. The van der Waals surface area contributed by atoms with Gasteiger partial charge >= 0.3 is 6.09 Å². The summed E-state index contributed by atoms with van der Waals surface area (Å²) in [5.74, 6) is -1.78. The van der Waals surface area contributed by atoms with Crippen LogP contribution in [0.15, 0.2) is 36.5 Å². The van der Waals surface area contributed by atoms with Crippen LogP contribution in [0.5, 0.6) is 0 Å². The fourth-order valence-corrected chi connectivity index (χ4v) is 2.74. The average Bonchev–Trinajstić information content (AvgIpc) is 2.63. The van der Waals surface area contributed by atoms with E-state index in [9.17, 15) is 13.6 Å². The summed E-state index contributed by atoms with van der Waals surface area (Å²) in [4.78, 5) is 22.2. The first kappa shape index (κ1) is 18.9. The second-order valence-corrected chi connectivity index (χ2v) is 7.27. The number of halogens is 2. The van der Waals surface area contributed by atoms with Crippen molar-refractivity contribution in [3.63, 3.8) is 0 Å². The minimum absolute atomic E-state index is 0.0173. The van der Waals surface area contributed by atoms with Crippen molar-refractivity contribution in [2.24, 2.45) is 0 Å². The van der Waals surface area contributed by atoms with Crippen LogP contribution in [0, 0.1) is 11.6 Å². The first-order chi connectivity index (χ1) is 12.7. The van der Waals surface area contributed by atoms with E-state index < -0.39 is 17.2 Å². The Hall–Kier alpha value is -2.83. The molecule has 1 aromatic heterocycles. The summed E-state index contributed by atoms with van der Waals surface area (Å²) in [6.45, 7) is 6.37. The number of ether oxygens (including phenoxy) is 1. The topological polar surface area (TPSA) is 55.3 Å². The molecule has 0 N–H and O–H groups in total. The molecule has 1 aliphatic heterocycles. The van der Waals surface area contributed by atoms with E-state index in [-0.39, 0.29) is 17.5 Å². The minimum Gasteiger partial charge on any atom is -0.444 e. The smallest absolute Gasteiger partial charge is 0.410 e. The molecule has 27 heavy (non-hydrogen) atoms. The van der Waals surface area contributed by atoms with Gasteiger partial charge in [0.15, 0.2) is 17.5 Å². The molecule has 3 rings (SSSR count). The third-order valence-electron chi connectivity index (χ3n) is 4.04. The van der Waals surface area contributed by atoms with Crippen LogP contribution in [0.4, 0.5) is 13.6 Å². The molecule has 1 aromatic carbocycles. The van der Waals surface area contributed by atoms with Crippen molar-refractivity contribution in [3.8, 4) is 11.4 Å². The molecule has 5 nitrogen and oxygen atoms in total. The molecule has 0 bridgehead atoms. The zero-order chi connectivity index (χ0) is 19.6. The summed E-state index contributed by atoms with van der Waals surface area (Å²) in [5, 5.41) is 0. The van der Waals surface area contributed by atoms with Crippen molar-refractivity contribution < 1.29 is 18.3 Å². The molecule has 0 spiro atoms. The van der Waals surface area contributed by atoms with Crippen molar-refractivity contribution in [1.82, 2.24) is 14.9 Å². The van der Waals surface area contributed by atoms with Crippen LogP contribution in [0.25, 0.3) is 17.0 Å². The Kier molecular flexibility index (Phi) is 5.21. The van der Waals surface area contributed by atoms with Crippen molar-refractivity contribution in [2.45, 2.75) is 32.8 Å². The zero-order valence-corrected chi connectivity index (χ0v) is 15.5. The number of benzene rings is 1. The lowest BCUT2D eigenvalue weighted by atomic mass is 10.0. The Morgan fingerprint density at radius 3 is 2.67 bits per heavy atom. The normalized spacial score (nSPS) is 14.7. The molecular formula is C20H21F2N3O2. The van der Waals surface area contributed by atoms with Gasteiger partial charge in [-0.05, 0) is 51.0 Å². The van der Waals surface area contributed by atoms with Crippen molar-refractivity contribution in [3.05, 3.63) is 53.9 Å². The molecule has 1 amide bonds. The summed E-state index contributed by atoms with van der Waals surface area (Å²) in [6, 6.07) is 5.63. The first-order valence-corrected chi connectivity index (χ1v) is 8.69. The number of amides is 1. The van der Waals surface area contributed by atoms with E-state index in [2.05, 4.69) is 9.97 Å². The molecule has 2 aromatic rings. The molecule has 0 unspecified atom stereocenters. The number of hydrogen-bond donors (Lipinski definition) is 0. The number of hydrogen-bond acceptors (Lipinski definition) is 4. The van der Waals surface area contributed by atoms with Crippen molar-refractivity contribution in [1.29, 1.82) is 0 Å². The van der Waals surface area contributed by atoms with Gasteiger partial charge in [0.05, 0.1) is 11.3 Å². The fourth-order valence-electron chi connectivity index (χ4n) is 2.74. The Bertz CT molecular complexity index is 891. The number of carbonyl (C=O) groups is 1. The molecular weight excluding hydrogens is 352 g/mol. The van der Waals surface area contributed by atoms with E-state index in [0.717, 1.165) is 11.6 Å². The van der Waals surface area contributed by atoms with Crippen molar-refractivity contribution in [2.75, 3.05) is 13.1 Å². The van der Waals surface area contributed by atoms with Gasteiger partial charge in [-0.3, -0.25) is 0 Å². The maximum absolute atomic E-state index is 14.0. The summed E-state index contributed by atoms with van der Waals surface area (Å²) in [5.41, 5.74) is 1.03. The SMILES string of the molecule is CC(C)(C)OC(=O)N1CC=C(c2ccnc(-c3cccc(F)c3F)n2)CC1. The average molecular weight is 373 g/mol. The molecule has 142 valence electrons. The Balaban J connectivity index is 1.79. The van der Waals surface area contributed by atoms with Crippen LogP contribution >= 0.6 is 0 Å².